The molecule has 2 bridgehead atoms. The molecule has 5 unspecified atom stereocenters. The highest BCUT2D eigenvalue weighted by atomic mass is 16.2. The Hall–Kier alpha value is -0.570. The van der Waals surface area contributed by atoms with Crippen LogP contribution in [0.1, 0.15) is 71.6 Å². The van der Waals surface area contributed by atoms with E-state index in [2.05, 4.69) is 24.1 Å². The van der Waals surface area contributed by atoms with Gasteiger partial charge in [0, 0.05) is 6.04 Å². The highest BCUT2D eigenvalue weighted by molar-refractivity contribution is 5.89. The number of amides is 1. The molecule has 1 saturated heterocycles. The molecule has 3 saturated carbocycles. The molecule has 3 nitrogen and oxygen atoms in total. The van der Waals surface area contributed by atoms with Crippen LogP contribution in [0.3, 0.4) is 0 Å². The van der Waals surface area contributed by atoms with Crippen molar-refractivity contribution in [1.82, 2.24) is 10.2 Å². The molecule has 3 heteroatoms. The highest BCUT2D eigenvalue weighted by Crippen LogP contribution is 2.51. The number of fused-ring (bicyclic) bond motifs is 2. The maximum atomic E-state index is 13.2. The Bertz CT molecular complexity index is 429. The van der Waals surface area contributed by atoms with Crippen molar-refractivity contribution in [2.24, 2.45) is 17.8 Å². The fourth-order valence-corrected chi connectivity index (χ4v) is 6.03. The number of hydrogen-bond donors (Lipinski definition) is 1. The molecule has 4 aliphatic rings. The van der Waals surface area contributed by atoms with Crippen LogP contribution in [0.15, 0.2) is 0 Å². The van der Waals surface area contributed by atoms with Gasteiger partial charge in [0.15, 0.2) is 0 Å². The lowest BCUT2D eigenvalue weighted by molar-refractivity contribution is -0.136. The quantitative estimate of drug-likeness (QED) is 0.865. The minimum absolute atomic E-state index is 0.188. The molecule has 1 heterocycles. The van der Waals surface area contributed by atoms with Crippen LogP contribution in [-0.2, 0) is 4.79 Å². The summed E-state index contributed by atoms with van der Waals surface area (Å²) in [6.07, 6.45) is 11.5. The van der Waals surface area contributed by atoms with Crippen molar-refractivity contribution in [3.8, 4) is 0 Å². The molecule has 1 N–H and O–H groups in total. The van der Waals surface area contributed by atoms with Crippen LogP contribution >= 0.6 is 0 Å². The molecule has 4 rings (SSSR count). The third kappa shape index (κ3) is 1.99. The first-order valence-corrected chi connectivity index (χ1v) is 9.25. The summed E-state index contributed by atoms with van der Waals surface area (Å²) >= 11 is 0. The zero-order valence-corrected chi connectivity index (χ0v) is 13.6. The number of nitrogens with zero attached hydrogens (tertiary/aromatic N) is 1. The molecule has 1 spiro atoms. The Morgan fingerprint density at radius 1 is 1.29 bits per heavy atom. The van der Waals surface area contributed by atoms with Gasteiger partial charge in [-0.15, -0.1) is 0 Å². The average molecular weight is 290 g/mol. The minimum Gasteiger partial charge on any atom is -0.323 e. The van der Waals surface area contributed by atoms with E-state index in [0.29, 0.717) is 11.9 Å². The molecule has 0 aromatic heterocycles. The van der Waals surface area contributed by atoms with Crippen LogP contribution < -0.4 is 5.32 Å². The molecular formula is C18H30N2O. The number of carbonyl (C=O) groups excluding carboxylic acids is 1. The van der Waals surface area contributed by atoms with Gasteiger partial charge >= 0.3 is 0 Å². The second kappa shape index (κ2) is 4.97. The van der Waals surface area contributed by atoms with Crippen LogP contribution in [0.2, 0.25) is 0 Å². The van der Waals surface area contributed by atoms with Gasteiger partial charge in [0.05, 0.1) is 11.7 Å². The van der Waals surface area contributed by atoms with Crippen LogP contribution in [0.4, 0.5) is 0 Å². The Balaban J connectivity index is 1.56. The van der Waals surface area contributed by atoms with E-state index in [1.165, 1.54) is 38.5 Å². The molecule has 0 radical (unpaired) electrons. The van der Waals surface area contributed by atoms with Gasteiger partial charge in [-0.1, -0.05) is 26.2 Å². The van der Waals surface area contributed by atoms with Crippen LogP contribution in [-0.4, -0.2) is 28.6 Å². The largest absolute Gasteiger partial charge is 0.323 e. The van der Waals surface area contributed by atoms with E-state index in [1.807, 2.05) is 0 Å². The van der Waals surface area contributed by atoms with E-state index in [-0.39, 0.29) is 11.7 Å². The van der Waals surface area contributed by atoms with Gasteiger partial charge in [0.1, 0.15) is 0 Å². The standard InChI is InChI=1S/C18H30N2O/c1-3-16-19-18(8-4-5-9-18)17(21)20(16)12(2)15-11-13-6-7-14(15)10-13/h12-16,19H,3-11H2,1-2H3. The predicted octanol–water partition coefficient (Wildman–Crippen LogP) is 3.29. The third-order valence-electron chi connectivity index (χ3n) is 7.12. The average Bonchev–Trinajstić information content (AvgIpc) is 3.25. The Morgan fingerprint density at radius 3 is 2.62 bits per heavy atom. The van der Waals surface area contributed by atoms with Gasteiger partial charge in [0.25, 0.3) is 0 Å². The molecule has 0 aromatic rings. The van der Waals surface area contributed by atoms with E-state index in [4.69, 9.17) is 0 Å². The molecule has 3 aliphatic carbocycles. The van der Waals surface area contributed by atoms with E-state index < -0.39 is 0 Å². The van der Waals surface area contributed by atoms with Gasteiger partial charge in [-0.3, -0.25) is 10.1 Å². The van der Waals surface area contributed by atoms with Crippen LogP contribution in [0.25, 0.3) is 0 Å². The van der Waals surface area contributed by atoms with Crippen molar-refractivity contribution in [3.63, 3.8) is 0 Å². The SMILES string of the molecule is CCC1NC2(CCCC2)C(=O)N1C(C)C1CC2CCC1C2. The summed E-state index contributed by atoms with van der Waals surface area (Å²) in [7, 11) is 0. The summed E-state index contributed by atoms with van der Waals surface area (Å²) < 4.78 is 0. The predicted molar refractivity (Wildman–Crippen MR) is 83.7 cm³/mol. The summed E-state index contributed by atoms with van der Waals surface area (Å²) in [5.41, 5.74) is -0.188. The first-order valence-electron chi connectivity index (χ1n) is 9.25. The number of carbonyl (C=O) groups is 1. The van der Waals surface area contributed by atoms with Gasteiger partial charge < -0.3 is 4.90 Å². The van der Waals surface area contributed by atoms with Crippen molar-refractivity contribution in [2.45, 2.75) is 89.4 Å². The molecular weight excluding hydrogens is 260 g/mol. The molecule has 1 amide bonds. The Labute approximate surface area is 128 Å². The second-order valence-corrected chi connectivity index (χ2v) is 8.15. The molecule has 5 atom stereocenters. The van der Waals surface area contributed by atoms with Crippen molar-refractivity contribution in [1.29, 1.82) is 0 Å². The summed E-state index contributed by atoms with van der Waals surface area (Å²) in [5.74, 6) is 3.06. The third-order valence-corrected chi connectivity index (χ3v) is 7.12. The van der Waals surface area contributed by atoms with Gasteiger partial charge in [-0.2, -0.15) is 0 Å². The number of hydrogen-bond acceptors (Lipinski definition) is 2. The van der Waals surface area contributed by atoms with E-state index in [1.54, 1.807) is 0 Å². The maximum Gasteiger partial charge on any atom is 0.244 e. The highest BCUT2D eigenvalue weighted by Gasteiger charge is 2.55. The topological polar surface area (TPSA) is 32.3 Å². The fraction of sp³-hybridized carbons (Fsp3) is 0.944. The van der Waals surface area contributed by atoms with Crippen molar-refractivity contribution < 1.29 is 4.79 Å². The Morgan fingerprint density at radius 2 is 2.05 bits per heavy atom. The van der Waals surface area contributed by atoms with Gasteiger partial charge in [-0.05, 0) is 63.2 Å². The van der Waals surface area contributed by atoms with Crippen molar-refractivity contribution >= 4 is 5.91 Å². The molecule has 21 heavy (non-hydrogen) atoms. The minimum atomic E-state index is -0.188. The molecule has 0 aromatic carbocycles. The number of rotatable bonds is 3. The monoisotopic (exact) mass is 290 g/mol. The zero-order chi connectivity index (χ0) is 14.6. The Kier molecular flexibility index (Phi) is 3.33. The van der Waals surface area contributed by atoms with Crippen LogP contribution in [0, 0.1) is 17.8 Å². The maximum absolute atomic E-state index is 13.2. The van der Waals surface area contributed by atoms with Gasteiger partial charge in [0.2, 0.25) is 5.91 Å². The lowest BCUT2D eigenvalue weighted by atomic mass is 9.83. The van der Waals surface area contributed by atoms with Gasteiger partial charge in [-0.25, -0.2) is 0 Å². The van der Waals surface area contributed by atoms with E-state index in [0.717, 1.165) is 37.0 Å². The number of nitrogens with one attached hydrogen (secondary N) is 1. The lowest BCUT2D eigenvalue weighted by Crippen LogP contribution is -2.48. The summed E-state index contributed by atoms with van der Waals surface area (Å²) in [5, 5.41) is 3.74. The lowest BCUT2D eigenvalue weighted by Gasteiger charge is -2.37. The van der Waals surface area contributed by atoms with Crippen LogP contribution in [0.5, 0.6) is 0 Å². The molecule has 1 aliphatic heterocycles. The van der Waals surface area contributed by atoms with Crippen molar-refractivity contribution in [3.05, 3.63) is 0 Å². The first kappa shape index (κ1) is 14.0. The smallest absolute Gasteiger partial charge is 0.244 e. The summed E-state index contributed by atoms with van der Waals surface area (Å²) in [6, 6.07) is 0.435. The molecule has 118 valence electrons. The van der Waals surface area contributed by atoms with E-state index >= 15 is 0 Å². The summed E-state index contributed by atoms with van der Waals surface area (Å²) in [4.78, 5) is 15.4. The van der Waals surface area contributed by atoms with Crippen molar-refractivity contribution in [2.75, 3.05) is 0 Å². The zero-order valence-electron chi connectivity index (χ0n) is 13.6. The second-order valence-electron chi connectivity index (χ2n) is 8.15. The van der Waals surface area contributed by atoms with E-state index in [9.17, 15) is 4.79 Å². The fourth-order valence-electron chi connectivity index (χ4n) is 6.03. The normalized spacial score (nSPS) is 42.4. The molecule has 4 fully saturated rings. The summed E-state index contributed by atoms with van der Waals surface area (Å²) in [6.45, 7) is 4.56. The first-order chi connectivity index (χ1) is 10.1.